The van der Waals surface area contributed by atoms with Crippen molar-refractivity contribution in [3.05, 3.63) is 29.3 Å². The van der Waals surface area contributed by atoms with Gasteiger partial charge in [0.25, 0.3) is 5.91 Å². The Morgan fingerprint density at radius 2 is 2.05 bits per heavy atom. The van der Waals surface area contributed by atoms with Gasteiger partial charge in [-0.1, -0.05) is 31.1 Å². The lowest BCUT2D eigenvalue weighted by Crippen LogP contribution is -2.54. The van der Waals surface area contributed by atoms with Crippen LogP contribution in [0.2, 0.25) is 0 Å². The number of carbonyl (C=O) groups excluding carboxylic acids is 1. The highest BCUT2D eigenvalue weighted by atomic mass is 32.1. The molecule has 1 fully saturated rings. The molecule has 0 saturated heterocycles. The number of rotatable bonds is 3. The molecule has 0 heterocycles. The molecule has 1 aliphatic carbocycles. The minimum Gasteiger partial charge on any atom is -0.507 e. The van der Waals surface area contributed by atoms with E-state index in [4.69, 9.17) is 18.0 Å². The van der Waals surface area contributed by atoms with Crippen molar-refractivity contribution in [3.8, 4) is 5.75 Å². The molecule has 5 heteroatoms. The molecule has 0 aromatic heterocycles. The van der Waals surface area contributed by atoms with Crippen LogP contribution in [0.5, 0.6) is 5.75 Å². The highest BCUT2D eigenvalue weighted by Gasteiger charge is 2.38. The summed E-state index contributed by atoms with van der Waals surface area (Å²) in [6.07, 6.45) is 3.52. The first-order chi connectivity index (χ1) is 8.94. The zero-order chi connectivity index (χ0) is 14.0. The summed E-state index contributed by atoms with van der Waals surface area (Å²) in [5, 5.41) is 12.7. The second kappa shape index (κ2) is 5.17. The Morgan fingerprint density at radius 1 is 1.42 bits per heavy atom. The smallest absolute Gasteiger partial charge is 0.255 e. The number of aryl methyl sites for hydroxylation is 1. The Hall–Kier alpha value is -1.62. The summed E-state index contributed by atoms with van der Waals surface area (Å²) in [6, 6.07) is 4.97. The van der Waals surface area contributed by atoms with E-state index in [2.05, 4.69) is 5.32 Å². The van der Waals surface area contributed by atoms with E-state index < -0.39 is 5.54 Å². The third-order valence-corrected chi connectivity index (χ3v) is 4.07. The zero-order valence-corrected chi connectivity index (χ0v) is 11.7. The molecular formula is C14H18N2O2S. The van der Waals surface area contributed by atoms with Crippen LogP contribution in [-0.4, -0.2) is 21.5 Å². The minimum atomic E-state index is -0.594. The van der Waals surface area contributed by atoms with E-state index in [0.29, 0.717) is 4.99 Å². The van der Waals surface area contributed by atoms with Gasteiger partial charge in [-0.25, -0.2) is 0 Å². The molecule has 0 bridgehead atoms. The highest BCUT2D eigenvalue weighted by molar-refractivity contribution is 7.80. The maximum atomic E-state index is 12.3. The van der Waals surface area contributed by atoms with Crippen molar-refractivity contribution >= 4 is 23.1 Å². The van der Waals surface area contributed by atoms with Gasteiger partial charge in [-0.05, 0) is 37.5 Å². The molecule has 19 heavy (non-hydrogen) atoms. The maximum Gasteiger partial charge on any atom is 0.255 e. The number of thiocarbonyl (C=S) groups is 1. The van der Waals surface area contributed by atoms with Gasteiger partial charge in [0, 0.05) is 0 Å². The van der Waals surface area contributed by atoms with Crippen LogP contribution in [-0.2, 0) is 0 Å². The SMILES string of the molecule is Cc1ccc(C(=O)NC2(C(N)=S)CCCC2)c(O)c1. The quantitative estimate of drug-likeness (QED) is 0.740. The topological polar surface area (TPSA) is 75.4 Å². The van der Waals surface area contributed by atoms with Crippen molar-refractivity contribution in [3.63, 3.8) is 0 Å². The lowest BCUT2D eigenvalue weighted by molar-refractivity contribution is 0.0922. The van der Waals surface area contributed by atoms with Crippen LogP contribution in [0.25, 0.3) is 0 Å². The van der Waals surface area contributed by atoms with Gasteiger partial charge in [0.05, 0.1) is 16.1 Å². The number of hydrogen-bond acceptors (Lipinski definition) is 3. The Balaban J connectivity index is 2.22. The molecule has 1 aliphatic rings. The number of nitrogens with one attached hydrogen (secondary N) is 1. The molecule has 0 atom stereocenters. The summed E-state index contributed by atoms with van der Waals surface area (Å²) >= 11 is 5.09. The molecule has 1 amide bonds. The summed E-state index contributed by atoms with van der Waals surface area (Å²) in [6.45, 7) is 1.86. The fourth-order valence-electron chi connectivity index (χ4n) is 2.53. The standard InChI is InChI=1S/C14H18N2O2S/c1-9-4-5-10(11(17)8-9)12(18)16-14(13(15)19)6-2-3-7-14/h4-5,8,17H,2-3,6-7H2,1H3,(H2,15,19)(H,16,18). The van der Waals surface area contributed by atoms with Crippen LogP contribution >= 0.6 is 12.2 Å². The summed E-state index contributed by atoms with van der Waals surface area (Å²) in [5.41, 5.74) is 6.34. The third-order valence-electron chi connectivity index (χ3n) is 3.68. The monoisotopic (exact) mass is 278 g/mol. The van der Waals surface area contributed by atoms with Crippen molar-refractivity contribution < 1.29 is 9.90 Å². The predicted molar refractivity (Wildman–Crippen MR) is 78.3 cm³/mol. The second-order valence-electron chi connectivity index (χ2n) is 5.13. The molecule has 4 nitrogen and oxygen atoms in total. The van der Waals surface area contributed by atoms with Gasteiger partial charge in [0.15, 0.2) is 0 Å². The Morgan fingerprint density at radius 3 is 2.58 bits per heavy atom. The minimum absolute atomic E-state index is 0.0198. The van der Waals surface area contributed by atoms with E-state index in [9.17, 15) is 9.90 Å². The number of benzene rings is 1. The highest BCUT2D eigenvalue weighted by Crippen LogP contribution is 2.31. The van der Waals surface area contributed by atoms with Gasteiger partial charge in [0.1, 0.15) is 5.75 Å². The van der Waals surface area contributed by atoms with Crippen LogP contribution in [0.1, 0.15) is 41.6 Å². The van der Waals surface area contributed by atoms with E-state index >= 15 is 0 Å². The molecule has 0 aliphatic heterocycles. The Labute approximate surface area is 118 Å². The lowest BCUT2D eigenvalue weighted by atomic mass is 9.96. The number of nitrogens with two attached hydrogens (primary N) is 1. The molecule has 0 spiro atoms. The average Bonchev–Trinajstić information content (AvgIpc) is 2.78. The lowest BCUT2D eigenvalue weighted by Gasteiger charge is -2.29. The summed E-state index contributed by atoms with van der Waals surface area (Å²) in [7, 11) is 0. The molecule has 102 valence electrons. The van der Waals surface area contributed by atoms with Gasteiger partial charge in [-0.15, -0.1) is 0 Å². The zero-order valence-electron chi connectivity index (χ0n) is 10.9. The molecular weight excluding hydrogens is 260 g/mol. The van der Waals surface area contributed by atoms with E-state index in [1.165, 1.54) is 0 Å². The van der Waals surface area contributed by atoms with Gasteiger partial charge >= 0.3 is 0 Å². The predicted octanol–water partition coefficient (Wildman–Crippen LogP) is 2.03. The number of amides is 1. The maximum absolute atomic E-state index is 12.3. The largest absolute Gasteiger partial charge is 0.507 e. The molecule has 0 unspecified atom stereocenters. The van der Waals surface area contributed by atoms with Crippen molar-refractivity contribution in [2.75, 3.05) is 0 Å². The van der Waals surface area contributed by atoms with Gasteiger partial charge in [-0.3, -0.25) is 4.79 Å². The first-order valence-corrected chi connectivity index (χ1v) is 6.77. The fourth-order valence-corrected chi connectivity index (χ4v) is 2.79. The van der Waals surface area contributed by atoms with Crippen LogP contribution in [0, 0.1) is 6.92 Å². The van der Waals surface area contributed by atoms with Gasteiger partial charge in [-0.2, -0.15) is 0 Å². The molecule has 1 aromatic carbocycles. The summed E-state index contributed by atoms with van der Waals surface area (Å²) in [4.78, 5) is 12.6. The molecule has 0 radical (unpaired) electrons. The second-order valence-corrected chi connectivity index (χ2v) is 5.57. The Bertz CT molecular complexity index is 522. The summed E-state index contributed by atoms with van der Waals surface area (Å²) < 4.78 is 0. The van der Waals surface area contributed by atoms with E-state index in [1.54, 1.807) is 18.2 Å². The third kappa shape index (κ3) is 2.71. The van der Waals surface area contributed by atoms with Crippen molar-refractivity contribution in [1.29, 1.82) is 0 Å². The number of carbonyl (C=O) groups is 1. The molecule has 4 N–H and O–H groups in total. The van der Waals surface area contributed by atoms with Crippen LogP contribution in [0.15, 0.2) is 18.2 Å². The molecule has 1 saturated carbocycles. The first kappa shape index (κ1) is 13.8. The van der Waals surface area contributed by atoms with Crippen LogP contribution in [0.4, 0.5) is 0 Å². The molecule has 1 aromatic rings. The number of phenolic OH excluding ortho intramolecular Hbond substituents is 1. The normalized spacial score (nSPS) is 17.1. The van der Waals surface area contributed by atoms with Crippen LogP contribution < -0.4 is 11.1 Å². The number of phenols is 1. The molecule has 2 rings (SSSR count). The fraction of sp³-hybridized carbons (Fsp3) is 0.429. The number of aromatic hydroxyl groups is 1. The van der Waals surface area contributed by atoms with Crippen molar-refractivity contribution in [2.24, 2.45) is 5.73 Å². The van der Waals surface area contributed by atoms with Crippen molar-refractivity contribution in [2.45, 2.75) is 38.1 Å². The van der Waals surface area contributed by atoms with Gasteiger partial charge < -0.3 is 16.2 Å². The van der Waals surface area contributed by atoms with Crippen molar-refractivity contribution in [1.82, 2.24) is 5.32 Å². The van der Waals surface area contributed by atoms with Gasteiger partial charge in [0.2, 0.25) is 0 Å². The first-order valence-electron chi connectivity index (χ1n) is 6.37. The van der Waals surface area contributed by atoms with E-state index in [0.717, 1.165) is 31.2 Å². The average molecular weight is 278 g/mol. The summed E-state index contributed by atoms with van der Waals surface area (Å²) in [5.74, 6) is -0.346. The van der Waals surface area contributed by atoms with E-state index in [1.807, 2.05) is 6.92 Å². The van der Waals surface area contributed by atoms with Crippen LogP contribution in [0.3, 0.4) is 0 Å². The van der Waals surface area contributed by atoms with E-state index in [-0.39, 0.29) is 17.2 Å². The number of hydrogen-bond donors (Lipinski definition) is 3. The Kier molecular flexibility index (Phi) is 3.75.